The van der Waals surface area contributed by atoms with Crippen LogP contribution in [-0.4, -0.2) is 41.5 Å². The van der Waals surface area contributed by atoms with Crippen LogP contribution >= 0.6 is 0 Å². The van der Waals surface area contributed by atoms with Crippen molar-refractivity contribution in [3.05, 3.63) is 23.8 Å². The molecule has 22 heavy (non-hydrogen) atoms. The molecule has 1 aromatic rings. The maximum absolute atomic E-state index is 12.1. The summed E-state index contributed by atoms with van der Waals surface area (Å²) in [4.78, 5) is 11.4. The van der Waals surface area contributed by atoms with Gasteiger partial charge in [-0.1, -0.05) is 6.07 Å². The maximum atomic E-state index is 12.1. The lowest BCUT2D eigenvalue weighted by Crippen LogP contribution is -2.30. The van der Waals surface area contributed by atoms with Crippen molar-refractivity contribution in [3.63, 3.8) is 0 Å². The zero-order valence-corrected chi connectivity index (χ0v) is 13.5. The first kappa shape index (κ1) is 16.4. The first-order chi connectivity index (χ1) is 10.1. The molecule has 0 aromatic heterocycles. The van der Waals surface area contributed by atoms with E-state index in [-0.39, 0.29) is 22.9 Å². The highest BCUT2D eigenvalue weighted by Gasteiger charge is 2.29. The number of nitrogens with one attached hydrogen (secondary N) is 1. The molecule has 1 N–H and O–H groups in total. The Bertz CT molecular complexity index is 856. The van der Waals surface area contributed by atoms with Gasteiger partial charge in [-0.2, -0.15) is 8.42 Å². The Hall–Kier alpha value is -1.94. The van der Waals surface area contributed by atoms with E-state index in [1.807, 2.05) is 0 Å². The molecule has 0 saturated heterocycles. The second-order valence-electron chi connectivity index (χ2n) is 4.66. The second kappa shape index (κ2) is 5.69. The number of esters is 1. The Morgan fingerprint density at radius 3 is 2.64 bits per heavy atom. The Labute approximate surface area is 128 Å². The molecule has 2 rings (SSSR count). The molecular formula is C12H14N2O6S2. The summed E-state index contributed by atoms with van der Waals surface area (Å²) in [6.45, 7) is 1.67. The fourth-order valence-electron chi connectivity index (χ4n) is 1.88. The number of hydrogen-bond acceptors (Lipinski definition) is 7. The van der Waals surface area contributed by atoms with E-state index in [1.54, 1.807) is 6.92 Å². The second-order valence-corrected chi connectivity index (χ2v) is 8.37. The molecule has 10 heteroatoms. The van der Waals surface area contributed by atoms with Crippen LogP contribution < -0.4 is 5.32 Å². The van der Waals surface area contributed by atoms with Gasteiger partial charge in [-0.3, -0.25) is 0 Å². The van der Waals surface area contributed by atoms with Gasteiger partial charge in [-0.05, 0) is 24.6 Å². The number of carbonyl (C=O) groups excluding carboxylic acids is 1. The lowest BCUT2D eigenvalue weighted by molar-refractivity contribution is -0.135. The van der Waals surface area contributed by atoms with E-state index < -0.39 is 31.7 Å². The van der Waals surface area contributed by atoms with Gasteiger partial charge in [-0.25, -0.2) is 13.2 Å². The Morgan fingerprint density at radius 2 is 2.05 bits per heavy atom. The zero-order valence-electron chi connectivity index (χ0n) is 11.9. The highest BCUT2D eigenvalue weighted by molar-refractivity contribution is 7.90. The van der Waals surface area contributed by atoms with E-state index in [4.69, 9.17) is 4.74 Å². The van der Waals surface area contributed by atoms with Crippen LogP contribution in [0.25, 0.3) is 0 Å². The molecule has 1 aromatic carbocycles. The molecule has 0 bridgehead atoms. The normalized spacial score (nSPS) is 16.2. The van der Waals surface area contributed by atoms with Crippen molar-refractivity contribution in [2.75, 3.05) is 18.2 Å². The van der Waals surface area contributed by atoms with Gasteiger partial charge in [0.15, 0.2) is 9.84 Å². The van der Waals surface area contributed by atoms with E-state index in [2.05, 4.69) is 9.71 Å². The van der Waals surface area contributed by atoms with E-state index >= 15 is 0 Å². The van der Waals surface area contributed by atoms with Crippen molar-refractivity contribution >= 4 is 37.4 Å². The monoisotopic (exact) mass is 346 g/mol. The SMILES string of the molecule is CCOC(=O)C1=NS(=O)(=O)c2cc(CS(C)(=O)=O)ccc2N1. The van der Waals surface area contributed by atoms with Crippen LogP contribution in [0, 0.1) is 0 Å². The molecule has 0 spiro atoms. The van der Waals surface area contributed by atoms with E-state index in [0.717, 1.165) is 6.26 Å². The van der Waals surface area contributed by atoms with Crippen molar-refractivity contribution in [1.29, 1.82) is 0 Å². The van der Waals surface area contributed by atoms with Crippen molar-refractivity contribution < 1.29 is 26.4 Å². The minimum absolute atomic E-state index is 0.0831. The van der Waals surface area contributed by atoms with E-state index in [0.29, 0.717) is 5.56 Å². The van der Waals surface area contributed by atoms with Crippen LogP contribution in [0.1, 0.15) is 12.5 Å². The van der Waals surface area contributed by atoms with Crippen LogP contribution in [-0.2, 0) is 35.1 Å². The summed E-state index contributed by atoms with van der Waals surface area (Å²) >= 11 is 0. The minimum atomic E-state index is -4.10. The Kier molecular flexibility index (Phi) is 4.25. The topological polar surface area (TPSA) is 119 Å². The maximum Gasteiger partial charge on any atom is 0.375 e. The smallest absolute Gasteiger partial charge is 0.375 e. The van der Waals surface area contributed by atoms with Crippen LogP contribution in [0.5, 0.6) is 0 Å². The number of ether oxygens (including phenoxy) is 1. The number of hydrogen-bond donors (Lipinski definition) is 1. The molecule has 120 valence electrons. The third-order valence-electron chi connectivity index (χ3n) is 2.69. The molecule has 1 aliphatic heterocycles. The van der Waals surface area contributed by atoms with Crippen molar-refractivity contribution in [3.8, 4) is 0 Å². The van der Waals surface area contributed by atoms with Gasteiger partial charge < -0.3 is 10.1 Å². The number of anilines is 1. The molecular weight excluding hydrogens is 332 g/mol. The predicted molar refractivity (Wildman–Crippen MR) is 79.9 cm³/mol. The van der Waals surface area contributed by atoms with Crippen LogP contribution in [0.3, 0.4) is 0 Å². The number of carbonyl (C=O) groups is 1. The fraction of sp³-hybridized carbons (Fsp3) is 0.333. The highest BCUT2D eigenvalue weighted by Crippen LogP contribution is 2.29. The van der Waals surface area contributed by atoms with Gasteiger partial charge >= 0.3 is 5.97 Å². The van der Waals surface area contributed by atoms with Crippen LogP contribution in [0.2, 0.25) is 0 Å². The van der Waals surface area contributed by atoms with Gasteiger partial charge in [0.25, 0.3) is 10.0 Å². The molecule has 1 heterocycles. The molecule has 0 aliphatic carbocycles. The molecule has 0 unspecified atom stereocenters. The first-order valence-electron chi connectivity index (χ1n) is 6.22. The number of sulfone groups is 1. The van der Waals surface area contributed by atoms with E-state index in [1.165, 1.54) is 18.2 Å². The molecule has 1 aliphatic rings. The molecule has 0 radical (unpaired) electrons. The Balaban J connectivity index is 2.44. The lowest BCUT2D eigenvalue weighted by atomic mass is 10.2. The van der Waals surface area contributed by atoms with Crippen LogP contribution in [0.4, 0.5) is 5.69 Å². The molecule has 0 saturated carbocycles. The largest absolute Gasteiger partial charge is 0.460 e. The summed E-state index contributed by atoms with van der Waals surface area (Å²) in [6, 6.07) is 4.09. The summed E-state index contributed by atoms with van der Waals surface area (Å²) in [7, 11) is -7.40. The first-order valence-corrected chi connectivity index (χ1v) is 9.72. The third-order valence-corrected chi connectivity index (χ3v) is 4.86. The summed E-state index contributed by atoms with van der Waals surface area (Å²) in [5, 5.41) is 2.57. The number of sulfonamides is 1. The van der Waals surface area contributed by atoms with Gasteiger partial charge in [-0.15, -0.1) is 4.40 Å². The van der Waals surface area contributed by atoms with E-state index in [9.17, 15) is 21.6 Å². The number of amidine groups is 1. The number of benzene rings is 1. The van der Waals surface area contributed by atoms with Crippen molar-refractivity contribution in [2.45, 2.75) is 17.6 Å². The van der Waals surface area contributed by atoms with Crippen molar-refractivity contribution in [2.24, 2.45) is 4.40 Å². The van der Waals surface area contributed by atoms with Gasteiger partial charge in [0.05, 0.1) is 18.0 Å². The number of rotatable bonds is 4. The van der Waals surface area contributed by atoms with Crippen LogP contribution in [0.15, 0.2) is 27.5 Å². The van der Waals surface area contributed by atoms with Gasteiger partial charge in [0.1, 0.15) is 4.90 Å². The average molecular weight is 346 g/mol. The van der Waals surface area contributed by atoms with Gasteiger partial charge in [0.2, 0.25) is 5.84 Å². The fourth-order valence-corrected chi connectivity index (χ4v) is 3.82. The number of fused-ring (bicyclic) bond motifs is 1. The molecule has 0 fully saturated rings. The summed E-state index contributed by atoms with van der Waals surface area (Å²) in [5.41, 5.74) is 0.469. The highest BCUT2D eigenvalue weighted by atomic mass is 32.2. The predicted octanol–water partition coefficient (Wildman–Crippen LogP) is 0.307. The third kappa shape index (κ3) is 3.63. The van der Waals surface area contributed by atoms with Gasteiger partial charge in [0, 0.05) is 6.26 Å². The average Bonchev–Trinajstić information content (AvgIpc) is 2.37. The minimum Gasteiger partial charge on any atom is -0.460 e. The lowest BCUT2D eigenvalue weighted by Gasteiger charge is -2.17. The summed E-state index contributed by atoms with van der Waals surface area (Å²) in [5.74, 6) is -1.59. The summed E-state index contributed by atoms with van der Waals surface area (Å²) in [6.07, 6.45) is 1.05. The standard InChI is InChI=1S/C12H14N2O6S2/c1-3-20-12(15)11-13-9-5-4-8(7-21(2,16)17)6-10(9)22(18,19)14-11/h4-6H,3,7H2,1-2H3,(H,13,14). The molecule has 0 atom stereocenters. The quantitative estimate of drug-likeness (QED) is 0.779. The zero-order chi connectivity index (χ0) is 16.5. The number of nitrogens with zero attached hydrogens (tertiary/aromatic N) is 1. The Morgan fingerprint density at radius 1 is 1.36 bits per heavy atom. The molecule has 0 amide bonds. The molecule has 8 nitrogen and oxygen atoms in total. The summed E-state index contributed by atoms with van der Waals surface area (Å²) < 4.78 is 54.9. The van der Waals surface area contributed by atoms with Crippen molar-refractivity contribution in [1.82, 2.24) is 0 Å².